The third kappa shape index (κ3) is 6.18. The quantitative estimate of drug-likeness (QED) is 0.214. The molecule has 5 N–H and O–H groups in total. The van der Waals surface area contributed by atoms with Crippen LogP contribution < -0.4 is 5.32 Å². The number of phosphoric ester groups is 1. The summed E-state index contributed by atoms with van der Waals surface area (Å²) >= 11 is 0. The molecule has 1 saturated heterocycles. The lowest BCUT2D eigenvalue weighted by Gasteiger charge is -2.16. The first-order valence-corrected chi connectivity index (χ1v) is 11.6. The minimum Gasteiger partial charge on any atom is -0.387 e. The Morgan fingerprint density at radius 3 is 2.71 bits per heavy atom. The number of phosphoric acid groups is 1. The van der Waals surface area contributed by atoms with Crippen LogP contribution in [0.3, 0.4) is 0 Å². The fourth-order valence-corrected chi connectivity index (χ4v) is 3.51. The van der Waals surface area contributed by atoms with Gasteiger partial charge in [0.2, 0.25) is 0 Å². The number of aromatic nitrogens is 4. The van der Waals surface area contributed by atoms with Gasteiger partial charge in [-0.05, 0) is 12.8 Å². The zero-order chi connectivity index (χ0) is 22.4. The molecule has 3 heterocycles. The monoisotopic (exact) mass is 461 g/mol. The van der Waals surface area contributed by atoms with Crippen molar-refractivity contribution < 1.29 is 38.6 Å². The van der Waals surface area contributed by atoms with E-state index in [-0.39, 0.29) is 0 Å². The van der Waals surface area contributed by atoms with Gasteiger partial charge in [0.15, 0.2) is 23.2 Å². The second-order valence-electron chi connectivity index (χ2n) is 7.13. The summed E-state index contributed by atoms with van der Waals surface area (Å²) in [6, 6.07) is 0. The molecule has 1 aliphatic heterocycles. The van der Waals surface area contributed by atoms with Crippen LogP contribution in [0, 0.1) is 0 Å². The molecule has 2 aromatic heterocycles. The van der Waals surface area contributed by atoms with Gasteiger partial charge in [-0.25, -0.2) is 19.5 Å². The molecule has 0 bridgehead atoms. The van der Waals surface area contributed by atoms with E-state index in [1.165, 1.54) is 17.2 Å². The van der Waals surface area contributed by atoms with E-state index in [4.69, 9.17) is 19.3 Å². The van der Waals surface area contributed by atoms with Crippen molar-refractivity contribution in [2.75, 3.05) is 31.7 Å². The molecule has 174 valence electrons. The third-order valence-electron chi connectivity index (χ3n) is 4.78. The Bertz CT molecular complexity index is 893. The molecule has 0 radical (unpaired) electrons. The van der Waals surface area contributed by atoms with Gasteiger partial charge >= 0.3 is 7.82 Å². The van der Waals surface area contributed by atoms with Crippen LogP contribution in [0.5, 0.6) is 0 Å². The molecular weight excluding hydrogens is 433 g/mol. The lowest BCUT2D eigenvalue weighted by molar-refractivity contribution is -0.0504. The number of ether oxygens (including phenoxy) is 2. The number of aliphatic hydroxyl groups is 2. The van der Waals surface area contributed by atoms with E-state index in [1.807, 2.05) is 0 Å². The Kier molecular flexibility index (Phi) is 8.30. The van der Waals surface area contributed by atoms with Crippen LogP contribution in [0.2, 0.25) is 0 Å². The fourth-order valence-electron chi connectivity index (χ4n) is 3.16. The van der Waals surface area contributed by atoms with Gasteiger partial charge in [-0.1, -0.05) is 13.3 Å². The van der Waals surface area contributed by atoms with Gasteiger partial charge in [0.1, 0.15) is 24.6 Å². The summed E-state index contributed by atoms with van der Waals surface area (Å²) in [5.41, 5.74) is 0.819. The third-order valence-corrected chi connectivity index (χ3v) is 5.26. The van der Waals surface area contributed by atoms with Crippen molar-refractivity contribution in [3.63, 3.8) is 0 Å². The van der Waals surface area contributed by atoms with Crippen molar-refractivity contribution in [1.29, 1.82) is 0 Å². The van der Waals surface area contributed by atoms with Gasteiger partial charge in [-0.2, -0.15) is 0 Å². The number of imidazole rings is 1. The van der Waals surface area contributed by atoms with E-state index in [9.17, 15) is 14.8 Å². The summed E-state index contributed by atoms with van der Waals surface area (Å²) in [6.45, 7) is 3.51. The van der Waals surface area contributed by atoms with Gasteiger partial charge in [0, 0.05) is 19.8 Å². The van der Waals surface area contributed by atoms with E-state index in [0.717, 1.165) is 25.9 Å². The lowest BCUT2D eigenvalue weighted by Crippen LogP contribution is -2.33. The van der Waals surface area contributed by atoms with Crippen molar-refractivity contribution in [1.82, 2.24) is 19.5 Å². The number of anilines is 1. The average Bonchev–Trinajstić information content (AvgIpc) is 3.27. The number of rotatable bonds is 12. The number of nitrogens with zero attached hydrogens (tertiary/aromatic N) is 4. The summed E-state index contributed by atoms with van der Waals surface area (Å²) in [5.74, 6) is 0.506. The Morgan fingerprint density at radius 2 is 1.97 bits per heavy atom. The normalized spacial score (nSPS) is 24.2. The van der Waals surface area contributed by atoms with Gasteiger partial charge in [0.05, 0.1) is 12.9 Å². The summed E-state index contributed by atoms with van der Waals surface area (Å²) in [6.07, 6.45) is 0.639. The molecule has 0 aromatic carbocycles. The maximum absolute atomic E-state index is 10.9. The number of hydrogen-bond acceptors (Lipinski definition) is 10. The highest BCUT2D eigenvalue weighted by molar-refractivity contribution is 7.46. The zero-order valence-electron chi connectivity index (χ0n) is 17.1. The maximum Gasteiger partial charge on any atom is 0.469 e. The van der Waals surface area contributed by atoms with E-state index >= 15 is 0 Å². The van der Waals surface area contributed by atoms with Gasteiger partial charge in [-0.3, -0.25) is 9.09 Å². The van der Waals surface area contributed by atoms with Crippen molar-refractivity contribution >= 4 is 24.8 Å². The Hall–Kier alpha value is -1.70. The van der Waals surface area contributed by atoms with Crippen LogP contribution in [0.1, 0.15) is 32.4 Å². The molecule has 1 aliphatic rings. The van der Waals surface area contributed by atoms with Gasteiger partial charge < -0.3 is 34.8 Å². The second kappa shape index (κ2) is 10.7. The van der Waals surface area contributed by atoms with Crippen LogP contribution in [0.25, 0.3) is 11.2 Å². The highest BCUT2D eigenvalue weighted by Crippen LogP contribution is 2.38. The van der Waals surface area contributed by atoms with E-state index in [2.05, 4.69) is 31.7 Å². The van der Waals surface area contributed by atoms with Crippen molar-refractivity contribution in [3.05, 3.63) is 12.7 Å². The first-order chi connectivity index (χ1) is 14.8. The lowest BCUT2D eigenvalue weighted by atomic mass is 10.1. The molecule has 13 nitrogen and oxygen atoms in total. The predicted octanol–water partition coefficient (Wildman–Crippen LogP) is 0.173. The topological polar surface area (TPSA) is 181 Å². The van der Waals surface area contributed by atoms with Gasteiger partial charge in [0.25, 0.3) is 0 Å². The number of aliphatic hydroxyl groups excluding tert-OH is 2. The fraction of sp³-hybridized carbons (Fsp3) is 0.706. The smallest absolute Gasteiger partial charge is 0.387 e. The number of unbranched alkanes of at least 4 members (excludes halogenated alkanes) is 1. The van der Waals surface area contributed by atoms with Crippen LogP contribution >= 0.6 is 7.82 Å². The van der Waals surface area contributed by atoms with Crippen molar-refractivity contribution in [2.24, 2.45) is 0 Å². The number of nitrogens with one attached hydrogen (secondary N) is 1. The first kappa shape index (κ1) is 24.0. The predicted molar refractivity (Wildman–Crippen MR) is 108 cm³/mol. The number of fused-ring (bicyclic) bond motifs is 1. The molecule has 0 amide bonds. The Labute approximate surface area is 178 Å². The standard InChI is InChI=1S/C17H28N5O8P/c1-2-3-6-28-7-4-5-18-15-12-16(20-9-19-15)22(10-21-12)17-14(24)13(23)11(30-17)8-29-31(25,26)27/h9-11,13-14,17,23-24H,2-8H2,1H3,(H,18,19,20)(H2,25,26,27)/t11-,13-,14?,17-/m1/s1. The largest absolute Gasteiger partial charge is 0.469 e. The minimum atomic E-state index is -4.74. The number of hydrogen-bond donors (Lipinski definition) is 5. The SMILES string of the molecule is CCCCOCCCNc1ncnc2c1ncn2[C@@H]1O[C@H](COP(=O)(O)O)[C@@H](O)C1O. The second-order valence-corrected chi connectivity index (χ2v) is 8.36. The summed E-state index contributed by atoms with van der Waals surface area (Å²) < 4.78 is 27.8. The van der Waals surface area contributed by atoms with Crippen LogP contribution in [-0.4, -0.2) is 84.2 Å². The summed E-state index contributed by atoms with van der Waals surface area (Å²) in [5, 5.41) is 23.7. The molecule has 0 spiro atoms. The molecule has 31 heavy (non-hydrogen) atoms. The summed E-state index contributed by atoms with van der Waals surface area (Å²) in [4.78, 5) is 30.4. The molecular formula is C17H28N5O8P. The Balaban J connectivity index is 1.64. The molecule has 0 saturated carbocycles. The van der Waals surface area contributed by atoms with E-state index in [1.54, 1.807) is 0 Å². The van der Waals surface area contributed by atoms with E-state index < -0.39 is 39.0 Å². The summed E-state index contributed by atoms with van der Waals surface area (Å²) in [7, 11) is -4.74. The molecule has 4 atom stereocenters. The molecule has 1 fully saturated rings. The molecule has 3 rings (SSSR count). The molecule has 1 unspecified atom stereocenters. The maximum atomic E-state index is 10.9. The van der Waals surface area contributed by atoms with Crippen molar-refractivity contribution in [2.45, 2.75) is 50.7 Å². The first-order valence-electron chi connectivity index (χ1n) is 10.0. The highest BCUT2D eigenvalue weighted by Gasteiger charge is 2.45. The molecule has 0 aliphatic carbocycles. The van der Waals surface area contributed by atoms with Crippen LogP contribution in [-0.2, 0) is 18.6 Å². The average molecular weight is 461 g/mol. The van der Waals surface area contributed by atoms with Crippen LogP contribution in [0.15, 0.2) is 12.7 Å². The van der Waals surface area contributed by atoms with Gasteiger partial charge in [-0.15, -0.1) is 0 Å². The molecule has 2 aromatic rings. The minimum absolute atomic E-state index is 0.365. The zero-order valence-corrected chi connectivity index (χ0v) is 18.0. The van der Waals surface area contributed by atoms with Crippen LogP contribution in [0.4, 0.5) is 5.82 Å². The van der Waals surface area contributed by atoms with Crippen molar-refractivity contribution in [3.8, 4) is 0 Å². The Morgan fingerprint density at radius 1 is 1.19 bits per heavy atom. The van der Waals surface area contributed by atoms with E-state index in [0.29, 0.717) is 30.1 Å². The molecule has 14 heteroatoms. The highest BCUT2D eigenvalue weighted by atomic mass is 31.2.